The molecule has 0 radical (unpaired) electrons. The number of nitrogens with two attached hydrogens (primary N) is 1. The van der Waals surface area contributed by atoms with E-state index in [-0.39, 0.29) is 18.3 Å². The van der Waals surface area contributed by atoms with Crippen molar-refractivity contribution in [1.29, 1.82) is 0 Å². The van der Waals surface area contributed by atoms with Crippen LogP contribution in [0.15, 0.2) is 30.3 Å². The summed E-state index contributed by atoms with van der Waals surface area (Å²) in [6.07, 6.45) is 0. The molecular formula is C13H21ClN2O2. The number of nitrogens with one attached hydrogen (secondary N) is 1. The fourth-order valence-electron chi connectivity index (χ4n) is 1.30. The van der Waals surface area contributed by atoms with Gasteiger partial charge in [0.05, 0.1) is 12.6 Å². The highest BCUT2D eigenvalue weighted by Gasteiger charge is 2.21. The van der Waals surface area contributed by atoms with Crippen molar-refractivity contribution in [3.05, 3.63) is 30.3 Å². The van der Waals surface area contributed by atoms with Crippen LogP contribution >= 0.6 is 12.4 Å². The lowest BCUT2D eigenvalue weighted by Gasteiger charge is -2.27. The smallest absolute Gasteiger partial charge is 0.236 e. The summed E-state index contributed by atoms with van der Waals surface area (Å²) in [4.78, 5) is 11.4. The molecule has 1 aromatic rings. The molecule has 0 aliphatic carbocycles. The van der Waals surface area contributed by atoms with Gasteiger partial charge in [-0.3, -0.25) is 4.79 Å². The third-order valence-corrected chi connectivity index (χ3v) is 2.24. The highest BCUT2D eigenvalue weighted by Crippen LogP contribution is 2.16. The van der Waals surface area contributed by atoms with Gasteiger partial charge in [0, 0.05) is 0 Å². The molecule has 0 saturated heterocycles. The van der Waals surface area contributed by atoms with E-state index >= 15 is 0 Å². The van der Waals surface area contributed by atoms with E-state index in [1.165, 1.54) is 0 Å². The predicted octanol–water partition coefficient (Wildman–Crippen LogP) is 1.73. The molecular weight excluding hydrogens is 252 g/mol. The van der Waals surface area contributed by atoms with Crippen LogP contribution in [0.1, 0.15) is 20.8 Å². The summed E-state index contributed by atoms with van der Waals surface area (Å²) >= 11 is 0. The number of hydrogen-bond donors (Lipinski definition) is 2. The summed E-state index contributed by atoms with van der Waals surface area (Å²) in [6.45, 7) is 5.91. The molecule has 0 aliphatic heterocycles. The molecule has 1 aromatic carbocycles. The van der Waals surface area contributed by atoms with Crippen molar-refractivity contribution in [3.8, 4) is 5.75 Å². The van der Waals surface area contributed by atoms with Crippen LogP contribution in [0.4, 0.5) is 0 Å². The quantitative estimate of drug-likeness (QED) is 0.858. The molecule has 0 aliphatic rings. The minimum Gasteiger partial charge on any atom is -0.486 e. The lowest BCUT2D eigenvalue weighted by Crippen LogP contribution is -2.47. The number of carbonyl (C=O) groups is 1. The lowest BCUT2D eigenvalue weighted by molar-refractivity contribution is -0.122. The lowest BCUT2D eigenvalue weighted by atomic mass is 10.1. The van der Waals surface area contributed by atoms with Gasteiger partial charge in [0.25, 0.3) is 0 Å². The zero-order chi connectivity index (χ0) is 12.9. The van der Waals surface area contributed by atoms with Gasteiger partial charge in [0.1, 0.15) is 11.4 Å². The molecule has 0 aromatic heterocycles. The standard InChI is InChI=1S/C13H20N2O2.ClH/c1-10(14)12(16)15-9-13(2,3)17-11-7-5-4-6-8-11;/h4-8,10H,9,14H2,1-3H3,(H,15,16);1H/t10-;/m1./s1. The summed E-state index contributed by atoms with van der Waals surface area (Å²) in [7, 11) is 0. The van der Waals surface area contributed by atoms with Crippen LogP contribution < -0.4 is 15.8 Å². The zero-order valence-electron chi connectivity index (χ0n) is 11.0. The van der Waals surface area contributed by atoms with Crippen molar-refractivity contribution in [3.63, 3.8) is 0 Å². The first-order valence-corrected chi connectivity index (χ1v) is 5.68. The van der Waals surface area contributed by atoms with Gasteiger partial charge < -0.3 is 15.8 Å². The molecule has 1 rings (SSSR count). The molecule has 0 saturated carbocycles. The molecule has 0 bridgehead atoms. The average molecular weight is 273 g/mol. The Labute approximate surface area is 114 Å². The monoisotopic (exact) mass is 272 g/mol. The normalized spacial score (nSPS) is 12.2. The van der Waals surface area contributed by atoms with Gasteiger partial charge in [-0.2, -0.15) is 0 Å². The second kappa shape index (κ2) is 7.24. The molecule has 1 atom stereocenters. The number of halogens is 1. The van der Waals surface area contributed by atoms with Crippen molar-refractivity contribution >= 4 is 18.3 Å². The van der Waals surface area contributed by atoms with E-state index in [0.717, 1.165) is 5.75 Å². The zero-order valence-corrected chi connectivity index (χ0v) is 11.8. The van der Waals surface area contributed by atoms with Crippen molar-refractivity contribution in [2.24, 2.45) is 5.73 Å². The highest BCUT2D eigenvalue weighted by atomic mass is 35.5. The molecule has 3 N–H and O–H groups in total. The second-order valence-electron chi connectivity index (χ2n) is 4.68. The Hall–Kier alpha value is -1.26. The molecule has 5 heteroatoms. The molecule has 4 nitrogen and oxygen atoms in total. The fraction of sp³-hybridized carbons (Fsp3) is 0.462. The topological polar surface area (TPSA) is 64.4 Å². The number of carbonyl (C=O) groups excluding carboxylic acids is 1. The van der Waals surface area contributed by atoms with Crippen molar-refractivity contribution in [2.45, 2.75) is 32.4 Å². The van der Waals surface area contributed by atoms with Crippen LogP contribution in [0.2, 0.25) is 0 Å². The van der Waals surface area contributed by atoms with Crippen LogP contribution in [0.25, 0.3) is 0 Å². The number of rotatable bonds is 5. The first kappa shape index (κ1) is 16.7. The molecule has 0 heterocycles. The van der Waals surface area contributed by atoms with Gasteiger partial charge >= 0.3 is 0 Å². The van der Waals surface area contributed by atoms with Gasteiger partial charge in [-0.05, 0) is 32.9 Å². The van der Waals surface area contributed by atoms with Gasteiger partial charge in [0.2, 0.25) is 5.91 Å². The minimum atomic E-state index is -0.498. The number of para-hydroxylation sites is 1. The van der Waals surface area contributed by atoms with E-state index in [2.05, 4.69) is 5.32 Å². The van der Waals surface area contributed by atoms with Gasteiger partial charge in [0.15, 0.2) is 0 Å². The average Bonchev–Trinajstić information content (AvgIpc) is 2.26. The number of hydrogen-bond acceptors (Lipinski definition) is 3. The molecule has 0 spiro atoms. The summed E-state index contributed by atoms with van der Waals surface area (Å²) in [6, 6.07) is 9.02. The summed E-state index contributed by atoms with van der Waals surface area (Å²) in [5.74, 6) is 0.613. The first-order valence-electron chi connectivity index (χ1n) is 5.68. The van der Waals surface area contributed by atoms with Gasteiger partial charge in [-0.1, -0.05) is 18.2 Å². The Morgan fingerprint density at radius 2 is 1.94 bits per heavy atom. The van der Waals surface area contributed by atoms with Gasteiger partial charge in [-0.15, -0.1) is 12.4 Å². The Morgan fingerprint density at radius 1 is 1.39 bits per heavy atom. The molecule has 18 heavy (non-hydrogen) atoms. The highest BCUT2D eigenvalue weighted by molar-refractivity contribution is 5.85. The second-order valence-corrected chi connectivity index (χ2v) is 4.68. The Bertz CT molecular complexity index is 367. The van der Waals surface area contributed by atoms with Crippen molar-refractivity contribution < 1.29 is 9.53 Å². The van der Waals surface area contributed by atoms with Crippen LogP contribution in [-0.4, -0.2) is 24.1 Å². The van der Waals surface area contributed by atoms with E-state index in [1.807, 2.05) is 44.2 Å². The SMILES string of the molecule is C[C@@H](N)C(=O)NCC(C)(C)Oc1ccccc1.Cl. The fourth-order valence-corrected chi connectivity index (χ4v) is 1.30. The van der Waals surface area contributed by atoms with Gasteiger partial charge in [-0.25, -0.2) is 0 Å². The maximum Gasteiger partial charge on any atom is 0.236 e. The summed E-state index contributed by atoms with van der Waals surface area (Å²) < 4.78 is 5.78. The molecule has 0 fully saturated rings. The van der Waals surface area contributed by atoms with Crippen LogP contribution in [0.3, 0.4) is 0 Å². The Morgan fingerprint density at radius 3 is 2.44 bits per heavy atom. The summed E-state index contributed by atoms with van der Waals surface area (Å²) in [5.41, 5.74) is 5.00. The van der Waals surface area contributed by atoms with Crippen molar-refractivity contribution in [1.82, 2.24) is 5.32 Å². The minimum absolute atomic E-state index is 0. The van der Waals surface area contributed by atoms with E-state index < -0.39 is 11.6 Å². The van der Waals surface area contributed by atoms with Crippen LogP contribution in [0, 0.1) is 0 Å². The Balaban J connectivity index is 0.00000289. The molecule has 0 unspecified atom stereocenters. The third-order valence-electron chi connectivity index (χ3n) is 2.24. The van der Waals surface area contributed by atoms with Crippen LogP contribution in [0.5, 0.6) is 5.75 Å². The number of amides is 1. The third kappa shape index (κ3) is 5.89. The molecule has 1 amide bonds. The van der Waals surface area contributed by atoms with Crippen molar-refractivity contribution in [2.75, 3.05) is 6.54 Å². The number of benzene rings is 1. The maximum atomic E-state index is 11.4. The van der Waals surface area contributed by atoms with E-state index in [0.29, 0.717) is 6.54 Å². The molecule has 102 valence electrons. The summed E-state index contributed by atoms with van der Waals surface area (Å²) in [5, 5.41) is 2.75. The van der Waals surface area contributed by atoms with Crippen LogP contribution in [-0.2, 0) is 4.79 Å². The van der Waals surface area contributed by atoms with E-state index in [9.17, 15) is 4.79 Å². The Kier molecular flexibility index (Phi) is 6.73. The van der Waals surface area contributed by atoms with E-state index in [4.69, 9.17) is 10.5 Å². The maximum absolute atomic E-state index is 11.4. The number of ether oxygens (including phenoxy) is 1. The predicted molar refractivity (Wildman–Crippen MR) is 75.1 cm³/mol. The first-order chi connectivity index (χ1) is 7.91. The van der Waals surface area contributed by atoms with E-state index in [1.54, 1.807) is 6.92 Å². The largest absolute Gasteiger partial charge is 0.486 e.